The number of nitrogens with zero attached hydrogens (tertiary/aromatic N) is 1. The molecule has 1 aliphatic carbocycles. The van der Waals surface area contributed by atoms with E-state index in [1.54, 1.807) is 7.05 Å². The van der Waals surface area contributed by atoms with Gasteiger partial charge in [-0.25, -0.2) is 0 Å². The zero-order valence-corrected chi connectivity index (χ0v) is 17.2. The lowest BCUT2D eigenvalue weighted by Gasteiger charge is -2.27. The van der Waals surface area contributed by atoms with E-state index in [0.717, 1.165) is 45.1 Å². The molecule has 3 rings (SSSR count). The van der Waals surface area contributed by atoms with E-state index in [2.05, 4.69) is 46.0 Å². The van der Waals surface area contributed by atoms with E-state index >= 15 is 0 Å². The summed E-state index contributed by atoms with van der Waals surface area (Å²) in [7, 11) is 1.81. The Morgan fingerprint density at radius 3 is 2.76 bits per heavy atom. The largest absolute Gasteiger partial charge is 0.396 e. The Morgan fingerprint density at radius 1 is 1.32 bits per heavy atom. The predicted octanol–water partition coefficient (Wildman–Crippen LogP) is 2.36. The number of aliphatic hydroxyl groups excluding tert-OH is 1. The minimum atomic E-state index is 0. The van der Waals surface area contributed by atoms with Gasteiger partial charge in [-0.05, 0) is 36.7 Å². The summed E-state index contributed by atoms with van der Waals surface area (Å²) >= 11 is 0. The Kier molecular flexibility index (Phi) is 7.96. The molecule has 6 heteroatoms. The van der Waals surface area contributed by atoms with E-state index in [4.69, 9.17) is 4.74 Å². The SMILES string of the molecule is CN=C(NCC1CC1c1ccccc1)NCC1(CCO)CCOC1.I. The fraction of sp³-hybridized carbons (Fsp3) is 0.632. The monoisotopic (exact) mass is 459 g/mol. The van der Waals surface area contributed by atoms with Gasteiger partial charge in [-0.3, -0.25) is 4.99 Å². The van der Waals surface area contributed by atoms with Crippen LogP contribution in [0.15, 0.2) is 35.3 Å². The molecule has 1 heterocycles. The number of benzene rings is 1. The Bertz CT molecular complexity index is 547. The first kappa shape index (κ1) is 20.5. The Balaban J connectivity index is 0.00000225. The highest BCUT2D eigenvalue weighted by atomic mass is 127. The van der Waals surface area contributed by atoms with Crippen LogP contribution >= 0.6 is 24.0 Å². The molecule has 1 aromatic rings. The summed E-state index contributed by atoms with van der Waals surface area (Å²) in [5.74, 6) is 2.21. The minimum Gasteiger partial charge on any atom is -0.396 e. The lowest BCUT2D eigenvalue weighted by Crippen LogP contribution is -2.45. The van der Waals surface area contributed by atoms with Crippen LogP contribution in [-0.4, -0.2) is 51.0 Å². The predicted molar refractivity (Wildman–Crippen MR) is 112 cm³/mol. The summed E-state index contributed by atoms with van der Waals surface area (Å²) in [6.07, 6.45) is 3.02. The molecule has 25 heavy (non-hydrogen) atoms. The van der Waals surface area contributed by atoms with Gasteiger partial charge in [0, 0.05) is 38.8 Å². The van der Waals surface area contributed by atoms with Crippen LogP contribution < -0.4 is 10.6 Å². The standard InChI is InChI=1S/C19H29N3O2.HI/c1-20-18(22-13-19(7-9-23)8-10-24-14-19)21-12-16-11-17(16)15-5-3-2-4-6-15;/h2-6,16-17,23H,7-14H2,1H3,(H2,20,21,22);1H. The number of aliphatic imine (C=N–C) groups is 1. The molecule has 2 fully saturated rings. The molecule has 0 bridgehead atoms. The third kappa shape index (κ3) is 5.56. The van der Waals surface area contributed by atoms with Crippen LogP contribution in [0.25, 0.3) is 0 Å². The molecule has 0 radical (unpaired) electrons. The molecule has 1 aromatic carbocycles. The number of nitrogens with one attached hydrogen (secondary N) is 2. The summed E-state index contributed by atoms with van der Waals surface area (Å²) < 4.78 is 5.54. The van der Waals surface area contributed by atoms with Gasteiger partial charge < -0.3 is 20.5 Å². The van der Waals surface area contributed by atoms with Crippen molar-refractivity contribution in [1.82, 2.24) is 10.6 Å². The Morgan fingerprint density at radius 2 is 2.12 bits per heavy atom. The zero-order valence-electron chi connectivity index (χ0n) is 14.9. The van der Waals surface area contributed by atoms with Crippen molar-refractivity contribution in [3.8, 4) is 0 Å². The lowest BCUT2D eigenvalue weighted by molar-refractivity contribution is 0.127. The van der Waals surface area contributed by atoms with E-state index < -0.39 is 0 Å². The van der Waals surface area contributed by atoms with Gasteiger partial charge in [0.15, 0.2) is 5.96 Å². The van der Waals surface area contributed by atoms with E-state index in [1.807, 2.05) is 0 Å². The van der Waals surface area contributed by atoms with Crippen molar-refractivity contribution >= 4 is 29.9 Å². The summed E-state index contributed by atoms with van der Waals surface area (Å²) in [5.41, 5.74) is 1.48. The van der Waals surface area contributed by atoms with Crippen molar-refractivity contribution in [2.75, 3.05) is 40.0 Å². The van der Waals surface area contributed by atoms with Crippen LogP contribution in [-0.2, 0) is 4.74 Å². The summed E-state index contributed by atoms with van der Waals surface area (Å²) in [4.78, 5) is 4.33. The fourth-order valence-corrected chi connectivity index (χ4v) is 3.61. The molecule has 3 unspecified atom stereocenters. The van der Waals surface area contributed by atoms with Crippen LogP contribution in [0.1, 0.15) is 30.7 Å². The van der Waals surface area contributed by atoms with Gasteiger partial charge in [-0.1, -0.05) is 30.3 Å². The number of aliphatic hydroxyl groups is 1. The first-order valence-corrected chi connectivity index (χ1v) is 8.94. The molecular formula is C19H30IN3O2. The van der Waals surface area contributed by atoms with Crippen molar-refractivity contribution in [2.45, 2.75) is 25.2 Å². The number of halogens is 1. The molecule has 0 amide bonds. The Hall–Kier alpha value is -0.860. The van der Waals surface area contributed by atoms with Crippen molar-refractivity contribution in [3.63, 3.8) is 0 Å². The van der Waals surface area contributed by atoms with Crippen LogP contribution in [0.5, 0.6) is 0 Å². The van der Waals surface area contributed by atoms with E-state index in [0.29, 0.717) is 11.8 Å². The quantitative estimate of drug-likeness (QED) is 0.333. The topological polar surface area (TPSA) is 65.9 Å². The normalized spacial score (nSPS) is 28.3. The van der Waals surface area contributed by atoms with Crippen LogP contribution in [0, 0.1) is 11.3 Å². The highest BCUT2D eigenvalue weighted by Crippen LogP contribution is 2.46. The van der Waals surface area contributed by atoms with Gasteiger partial charge >= 0.3 is 0 Å². The molecular weight excluding hydrogens is 429 g/mol. The van der Waals surface area contributed by atoms with Crippen LogP contribution in [0.3, 0.4) is 0 Å². The van der Waals surface area contributed by atoms with Gasteiger partial charge in [-0.15, -0.1) is 24.0 Å². The molecule has 3 atom stereocenters. The lowest BCUT2D eigenvalue weighted by atomic mass is 9.84. The van der Waals surface area contributed by atoms with Crippen molar-refractivity contribution in [2.24, 2.45) is 16.3 Å². The highest BCUT2D eigenvalue weighted by molar-refractivity contribution is 14.0. The molecule has 0 aromatic heterocycles. The van der Waals surface area contributed by atoms with Gasteiger partial charge in [0.2, 0.25) is 0 Å². The molecule has 2 aliphatic rings. The number of rotatable bonds is 7. The van der Waals surface area contributed by atoms with Crippen LogP contribution in [0.4, 0.5) is 0 Å². The third-order valence-electron chi connectivity index (χ3n) is 5.36. The third-order valence-corrected chi connectivity index (χ3v) is 5.36. The van der Waals surface area contributed by atoms with Crippen molar-refractivity contribution in [1.29, 1.82) is 0 Å². The molecule has 140 valence electrons. The maximum absolute atomic E-state index is 9.31. The molecule has 1 saturated carbocycles. The minimum absolute atomic E-state index is 0. The van der Waals surface area contributed by atoms with Gasteiger partial charge in [-0.2, -0.15) is 0 Å². The van der Waals surface area contributed by atoms with Crippen molar-refractivity contribution < 1.29 is 9.84 Å². The molecule has 0 spiro atoms. The molecule has 3 N–H and O–H groups in total. The first-order valence-electron chi connectivity index (χ1n) is 8.94. The molecule has 1 aliphatic heterocycles. The highest BCUT2D eigenvalue weighted by Gasteiger charge is 2.38. The van der Waals surface area contributed by atoms with E-state index in [-0.39, 0.29) is 36.0 Å². The second-order valence-electron chi connectivity index (χ2n) is 7.10. The summed E-state index contributed by atoms with van der Waals surface area (Å²) in [5, 5.41) is 16.2. The van der Waals surface area contributed by atoms with Gasteiger partial charge in [0.25, 0.3) is 0 Å². The van der Waals surface area contributed by atoms with E-state index in [9.17, 15) is 5.11 Å². The first-order chi connectivity index (χ1) is 11.8. The van der Waals surface area contributed by atoms with Gasteiger partial charge in [0.05, 0.1) is 6.61 Å². The summed E-state index contributed by atoms with van der Waals surface area (Å²) in [6, 6.07) is 10.7. The number of guanidine groups is 1. The Labute approximate surface area is 167 Å². The van der Waals surface area contributed by atoms with E-state index in [1.165, 1.54) is 12.0 Å². The average Bonchev–Trinajstić information content (AvgIpc) is 3.26. The summed E-state index contributed by atoms with van der Waals surface area (Å²) in [6.45, 7) is 3.45. The number of ether oxygens (including phenoxy) is 1. The maximum atomic E-state index is 9.31. The molecule has 5 nitrogen and oxygen atoms in total. The fourth-order valence-electron chi connectivity index (χ4n) is 3.61. The zero-order chi connectivity index (χ0) is 16.8. The van der Waals surface area contributed by atoms with Crippen molar-refractivity contribution in [3.05, 3.63) is 35.9 Å². The molecule has 1 saturated heterocycles. The number of hydrogen-bond donors (Lipinski definition) is 3. The second-order valence-corrected chi connectivity index (χ2v) is 7.10. The van der Waals surface area contributed by atoms with Crippen LogP contribution in [0.2, 0.25) is 0 Å². The van der Waals surface area contributed by atoms with Gasteiger partial charge in [0.1, 0.15) is 0 Å². The average molecular weight is 459 g/mol. The maximum Gasteiger partial charge on any atom is 0.191 e. The second kappa shape index (κ2) is 9.73. The number of hydrogen-bond acceptors (Lipinski definition) is 3. The smallest absolute Gasteiger partial charge is 0.191 e.